The first-order valence-electron chi connectivity index (χ1n) is 8.40. The molecule has 0 aliphatic rings. The zero-order chi connectivity index (χ0) is 19.4. The lowest BCUT2D eigenvalue weighted by atomic mass is 10.3. The van der Waals surface area contributed by atoms with Crippen molar-refractivity contribution in [1.29, 1.82) is 0 Å². The molecule has 0 fully saturated rings. The van der Waals surface area contributed by atoms with Crippen LogP contribution in [0.25, 0.3) is 0 Å². The van der Waals surface area contributed by atoms with Gasteiger partial charge in [-0.05, 0) is 59.3 Å². The summed E-state index contributed by atoms with van der Waals surface area (Å²) in [7, 11) is 1.69. The predicted molar refractivity (Wildman–Crippen MR) is 101 cm³/mol. The number of halogens is 2. The lowest BCUT2D eigenvalue weighted by molar-refractivity contribution is 0.0747. The van der Waals surface area contributed by atoms with E-state index >= 15 is 0 Å². The Morgan fingerprint density at radius 2 is 2.04 bits per heavy atom. The number of ether oxygens (including phenoxy) is 1. The number of hydrogen-bond donors (Lipinski definition) is 0. The molecular formula is C19H19BrFN3O3. The van der Waals surface area contributed by atoms with Crippen LogP contribution in [-0.4, -0.2) is 27.6 Å². The zero-order valence-corrected chi connectivity index (χ0v) is 16.6. The lowest BCUT2D eigenvalue weighted by Gasteiger charge is -2.14. The van der Waals surface area contributed by atoms with Crippen LogP contribution in [0.15, 0.2) is 51.5 Å². The Morgan fingerprint density at radius 1 is 1.30 bits per heavy atom. The Morgan fingerprint density at radius 3 is 2.70 bits per heavy atom. The molecule has 0 unspecified atom stereocenters. The molecule has 27 heavy (non-hydrogen) atoms. The van der Waals surface area contributed by atoms with Gasteiger partial charge in [-0.1, -0.05) is 0 Å². The number of aromatic nitrogens is 2. The molecule has 0 radical (unpaired) electrons. The van der Waals surface area contributed by atoms with Gasteiger partial charge < -0.3 is 14.1 Å². The normalized spacial score (nSPS) is 10.8. The summed E-state index contributed by atoms with van der Waals surface area (Å²) in [6.45, 7) is 3.26. The standard InChI is InChI=1S/C19H19BrFN3O3/c1-3-24-10-16(20)17(22-24)11-23(2)19(25)18-9-8-15(27-18)12-26-14-6-4-13(21)5-7-14/h4-10H,3,11-12H2,1-2H3. The maximum Gasteiger partial charge on any atom is 0.289 e. The smallest absolute Gasteiger partial charge is 0.289 e. The molecule has 0 bridgehead atoms. The number of hydrogen-bond acceptors (Lipinski definition) is 4. The van der Waals surface area contributed by atoms with Crippen LogP contribution in [0.2, 0.25) is 0 Å². The molecule has 6 nitrogen and oxygen atoms in total. The van der Waals surface area contributed by atoms with Gasteiger partial charge in [0.1, 0.15) is 23.9 Å². The van der Waals surface area contributed by atoms with Crippen molar-refractivity contribution < 1.29 is 18.3 Å². The van der Waals surface area contributed by atoms with Crippen LogP contribution in [0.5, 0.6) is 5.75 Å². The van der Waals surface area contributed by atoms with E-state index in [1.165, 1.54) is 29.2 Å². The minimum Gasteiger partial charge on any atom is -0.486 e. The summed E-state index contributed by atoms with van der Waals surface area (Å²) < 4.78 is 26.7. The van der Waals surface area contributed by atoms with Crippen LogP contribution in [0, 0.1) is 5.82 Å². The first-order valence-corrected chi connectivity index (χ1v) is 9.20. The molecule has 142 valence electrons. The summed E-state index contributed by atoms with van der Waals surface area (Å²) in [5, 5.41) is 4.42. The first-order chi connectivity index (χ1) is 13.0. The summed E-state index contributed by atoms with van der Waals surface area (Å²) >= 11 is 3.46. The van der Waals surface area contributed by atoms with Crippen molar-refractivity contribution >= 4 is 21.8 Å². The third-order valence-corrected chi connectivity index (χ3v) is 4.57. The van der Waals surface area contributed by atoms with Crippen molar-refractivity contribution in [2.24, 2.45) is 0 Å². The van der Waals surface area contributed by atoms with E-state index in [-0.39, 0.29) is 24.1 Å². The number of amides is 1. The van der Waals surface area contributed by atoms with E-state index in [2.05, 4.69) is 21.0 Å². The number of nitrogens with zero attached hydrogens (tertiary/aromatic N) is 3. The maximum atomic E-state index is 12.9. The summed E-state index contributed by atoms with van der Waals surface area (Å²) in [6, 6.07) is 9.00. The van der Waals surface area contributed by atoms with E-state index in [9.17, 15) is 9.18 Å². The number of furan rings is 1. The highest BCUT2D eigenvalue weighted by Gasteiger charge is 2.19. The van der Waals surface area contributed by atoms with Gasteiger partial charge in [0.2, 0.25) is 0 Å². The first kappa shape index (κ1) is 19.2. The van der Waals surface area contributed by atoms with Gasteiger partial charge in [-0.3, -0.25) is 9.48 Å². The highest BCUT2D eigenvalue weighted by molar-refractivity contribution is 9.10. The molecule has 8 heteroatoms. The Bertz CT molecular complexity index is 921. The van der Waals surface area contributed by atoms with E-state index in [0.717, 1.165) is 16.7 Å². The van der Waals surface area contributed by atoms with Crippen LogP contribution >= 0.6 is 15.9 Å². The fourth-order valence-electron chi connectivity index (χ4n) is 2.45. The minimum atomic E-state index is -0.327. The molecular weight excluding hydrogens is 417 g/mol. The van der Waals surface area contributed by atoms with Crippen LogP contribution in [-0.2, 0) is 19.7 Å². The summed E-state index contributed by atoms with van der Waals surface area (Å²) in [5.41, 5.74) is 0.777. The van der Waals surface area contributed by atoms with Gasteiger partial charge in [0.15, 0.2) is 5.76 Å². The van der Waals surface area contributed by atoms with Crippen molar-refractivity contribution in [1.82, 2.24) is 14.7 Å². The Labute approximate surface area is 164 Å². The molecule has 1 amide bonds. The second-order valence-corrected chi connectivity index (χ2v) is 6.80. The molecule has 0 aliphatic carbocycles. The van der Waals surface area contributed by atoms with E-state index < -0.39 is 0 Å². The zero-order valence-electron chi connectivity index (χ0n) is 15.0. The molecule has 0 saturated heterocycles. The lowest BCUT2D eigenvalue weighted by Crippen LogP contribution is -2.26. The van der Waals surface area contributed by atoms with Crippen LogP contribution in [0.4, 0.5) is 4.39 Å². The molecule has 0 atom stereocenters. The van der Waals surface area contributed by atoms with Crippen molar-refractivity contribution in [2.45, 2.75) is 26.6 Å². The summed E-state index contributed by atoms with van der Waals surface area (Å²) in [6.07, 6.45) is 1.88. The third-order valence-electron chi connectivity index (χ3n) is 3.91. The molecule has 0 aliphatic heterocycles. The van der Waals surface area contributed by atoms with Gasteiger partial charge >= 0.3 is 0 Å². The number of benzene rings is 1. The molecule has 0 spiro atoms. The monoisotopic (exact) mass is 435 g/mol. The van der Waals surface area contributed by atoms with Gasteiger partial charge in [-0.15, -0.1) is 0 Å². The fourth-order valence-corrected chi connectivity index (χ4v) is 2.89. The van der Waals surface area contributed by atoms with Gasteiger partial charge in [0, 0.05) is 19.8 Å². The maximum absolute atomic E-state index is 12.9. The summed E-state index contributed by atoms with van der Waals surface area (Å²) in [5.74, 6) is 0.676. The van der Waals surface area contributed by atoms with Gasteiger partial charge in [-0.25, -0.2) is 4.39 Å². The third kappa shape index (κ3) is 4.77. The van der Waals surface area contributed by atoms with Crippen molar-refractivity contribution in [3.8, 4) is 5.75 Å². The molecule has 0 saturated carbocycles. The topological polar surface area (TPSA) is 60.5 Å². The number of carbonyl (C=O) groups is 1. The highest BCUT2D eigenvalue weighted by Crippen LogP contribution is 2.19. The Kier molecular flexibility index (Phi) is 5.95. The van der Waals surface area contributed by atoms with Gasteiger partial charge in [0.05, 0.1) is 16.7 Å². The molecule has 2 heterocycles. The SMILES string of the molecule is CCn1cc(Br)c(CN(C)C(=O)c2ccc(COc3ccc(F)cc3)o2)n1. The van der Waals surface area contributed by atoms with Gasteiger partial charge in [-0.2, -0.15) is 5.10 Å². The molecule has 1 aromatic carbocycles. The minimum absolute atomic E-state index is 0.148. The predicted octanol–water partition coefficient (Wildman–Crippen LogP) is 4.25. The highest BCUT2D eigenvalue weighted by atomic mass is 79.9. The molecule has 3 rings (SSSR count). The number of carbonyl (C=O) groups excluding carboxylic acids is 1. The average Bonchev–Trinajstić information content (AvgIpc) is 3.27. The van der Waals surface area contributed by atoms with Gasteiger partial charge in [0.25, 0.3) is 5.91 Å². The largest absolute Gasteiger partial charge is 0.486 e. The van der Waals surface area contributed by atoms with Crippen LogP contribution in [0.3, 0.4) is 0 Å². The summed E-state index contributed by atoms with van der Waals surface area (Å²) in [4.78, 5) is 14.1. The Balaban J connectivity index is 1.59. The Hall–Kier alpha value is -2.61. The van der Waals surface area contributed by atoms with Crippen molar-refractivity contribution in [3.63, 3.8) is 0 Å². The quantitative estimate of drug-likeness (QED) is 0.556. The van der Waals surface area contributed by atoms with Crippen molar-refractivity contribution in [3.05, 3.63) is 70.1 Å². The molecule has 0 N–H and O–H groups in total. The van der Waals surface area contributed by atoms with E-state index in [4.69, 9.17) is 9.15 Å². The number of rotatable bonds is 7. The second-order valence-electron chi connectivity index (χ2n) is 5.95. The van der Waals surface area contributed by atoms with Crippen LogP contribution < -0.4 is 4.74 Å². The van der Waals surface area contributed by atoms with E-state index in [1.807, 2.05) is 13.1 Å². The average molecular weight is 436 g/mol. The second kappa shape index (κ2) is 8.39. The number of aryl methyl sites for hydroxylation is 1. The van der Waals surface area contributed by atoms with E-state index in [1.54, 1.807) is 23.9 Å². The van der Waals surface area contributed by atoms with Crippen LogP contribution in [0.1, 0.15) is 28.9 Å². The molecule has 2 aromatic heterocycles. The van der Waals surface area contributed by atoms with Crippen molar-refractivity contribution in [2.75, 3.05) is 7.05 Å². The molecule has 3 aromatic rings. The fraction of sp³-hybridized carbons (Fsp3) is 0.263. The van der Waals surface area contributed by atoms with E-state index in [0.29, 0.717) is 18.1 Å².